The van der Waals surface area contributed by atoms with Crippen LogP contribution in [0, 0.1) is 10.1 Å². The van der Waals surface area contributed by atoms with Crippen molar-refractivity contribution in [1.82, 2.24) is 4.98 Å². The van der Waals surface area contributed by atoms with Crippen LogP contribution in [-0.2, 0) is 0 Å². The van der Waals surface area contributed by atoms with Crippen molar-refractivity contribution in [2.45, 2.75) is 6.18 Å². The molecule has 9 heteroatoms. The van der Waals surface area contributed by atoms with Crippen LogP contribution in [0.25, 0.3) is 10.6 Å². The van der Waals surface area contributed by atoms with Gasteiger partial charge in [-0.25, -0.2) is 4.98 Å². The molecule has 0 bridgehead atoms. The lowest BCUT2D eigenvalue weighted by atomic mass is 10.2. The molecular weight excluding hydrogens is 297 g/mol. The molecule has 0 saturated heterocycles. The number of carbonyl (C=O) groups is 1. The van der Waals surface area contributed by atoms with Gasteiger partial charge in [-0.1, -0.05) is 0 Å². The topological polar surface area (TPSA) is 73.1 Å². The van der Waals surface area contributed by atoms with Gasteiger partial charge in [-0.2, -0.15) is 13.2 Å². The Morgan fingerprint density at radius 1 is 1.25 bits per heavy atom. The maximum Gasteiger partial charge on any atom is 0.455 e. The second-order valence-corrected chi connectivity index (χ2v) is 4.69. The Bertz CT molecular complexity index is 664. The summed E-state index contributed by atoms with van der Waals surface area (Å²) in [5, 5.41) is 10.7. The lowest BCUT2D eigenvalue weighted by molar-refractivity contribution is -0.384. The highest BCUT2D eigenvalue weighted by atomic mass is 32.1. The van der Waals surface area contributed by atoms with Gasteiger partial charge < -0.3 is 0 Å². The van der Waals surface area contributed by atoms with E-state index in [1.54, 1.807) is 0 Å². The number of ketones is 1. The summed E-state index contributed by atoms with van der Waals surface area (Å²) in [5.74, 6) is -1.96. The van der Waals surface area contributed by atoms with Crippen molar-refractivity contribution in [3.05, 3.63) is 45.5 Å². The second-order valence-electron chi connectivity index (χ2n) is 3.66. The van der Waals surface area contributed by atoms with Crippen LogP contribution in [-0.4, -0.2) is 21.9 Å². The molecule has 0 aliphatic carbocycles. The summed E-state index contributed by atoms with van der Waals surface area (Å²) in [6, 6.07) is 5.14. The van der Waals surface area contributed by atoms with E-state index in [-0.39, 0.29) is 10.7 Å². The van der Waals surface area contributed by atoms with Crippen molar-refractivity contribution in [1.29, 1.82) is 0 Å². The number of nitrogens with zero attached hydrogens (tertiary/aromatic N) is 2. The third-order valence-electron chi connectivity index (χ3n) is 2.31. The van der Waals surface area contributed by atoms with Crippen molar-refractivity contribution in [3.63, 3.8) is 0 Å². The molecule has 0 aliphatic rings. The maximum absolute atomic E-state index is 12.2. The fourth-order valence-corrected chi connectivity index (χ4v) is 2.26. The molecule has 0 radical (unpaired) electrons. The Morgan fingerprint density at radius 2 is 1.85 bits per heavy atom. The fourth-order valence-electron chi connectivity index (χ4n) is 1.38. The first kappa shape index (κ1) is 14.1. The third-order valence-corrected chi connectivity index (χ3v) is 3.36. The lowest BCUT2D eigenvalue weighted by Crippen LogP contribution is -2.21. The summed E-state index contributed by atoms with van der Waals surface area (Å²) in [4.78, 5) is 24.1. The van der Waals surface area contributed by atoms with Crippen LogP contribution in [0.2, 0.25) is 0 Å². The molecule has 1 aromatic carbocycles. The highest BCUT2D eigenvalue weighted by Gasteiger charge is 2.40. The van der Waals surface area contributed by atoms with E-state index >= 15 is 0 Å². The fraction of sp³-hybridized carbons (Fsp3) is 0.0909. The number of non-ortho nitro benzene ring substituents is 1. The van der Waals surface area contributed by atoms with Crippen molar-refractivity contribution < 1.29 is 22.9 Å². The molecular formula is C11H5F3N2O3S. The molecule has 1 heterocycles. The second kappa shape index (κ2) is 5.00. The van der Waals surface area contributed by atoms with Crippen molar-refractivity contribution in [2.24, 2.45) is 0 Å². The molecule has 0 unspecified atom stereocenters. The Labute approximate surface area is 113 Å². The van der Waals surface area contributed by atoms with Crippen LogP contribution in [0.1, 0.15) is 9.67 Å². The Morgan fingerprint density at radius 3 is 2.35 bits per heavy atom. The minimum atomic E-state index is -4.95. The van der Waals surface area contributed by atoms with Gasteiger partial charge in [-0.3, -0.25) is 14.9 Å². The maximum atomic E-state index is 12.2. The standard InChI is InChI=1S/C11H5F3N2O3S/c12-11(13,14)9(17)8-5-15-10(20-8)6-1-3-7(4-2-6)16(18)19/h1-5H. The number of nitro benzene ring substituents is 1. The van der Waals surface area contributed by atoms with Gasteiger partial charge in [-0.15, -0.1) is 11.3 Å². The first-order valence-corrected chi connectivity index (χ1v) is 5.93. The number of alkyl halides is 3. The average molecular weight is 302 g/mol. The zero-order valence-electron chi connectivity index (χ0n) is 9.55. The molecule has 104 valence electrons. The number of aromatic nitrogens is 1. The van der Waals surface area contributed by atoms with Crippen LogP contribution in [0.3, 0.4) is 0 Å². The van der Waals surface area contributed by atoms with Gasteiger partial charge in [0.1, 0.15) is 9.88 Å². The predicted molar refractivity (Wildman–Crippen MR) is 64.6 cm³/mol. The highest BCUT2D eigenvalue weighted by molar-refractivity contribution is 7.17. The molecule has 0 spiro atoms. The molecule has 0 amide bonds. The van der Waals surface area contributed by atoms with Crippen molar-refractivity contribution >= 4 is 22.8 Å². The minimum Gasteiger partial charge on any atom is -0.283 e. The zero-order valence-corrected chi connectivity index (χ0v) is 10.4. The zero-order chi connectivity index (χ0) is 14.9. The smallest absolute Gasteiger partial charge is 0.283 e. The van der Waals surface area contributed by atoms with Gasteiger partial charge in [0.25, 0.3) is 11.5 Å². The van der Waals surface area contributed by atoms with Crippen molar-refractivity contribution in [2.75, 3.05) is 0 Å². The highest BCUT2D eigenvalue weighted by Crippen LogP contribution is 2.30. The summed E-state index contributed by atoms with van der Waals surface area (Å²) in [5.41, 5.74) is 0.263. The SMILES string of the molecule is O=C(c1cnc(-c2ccc([N+](=O)[O-])cc2)s1)C(F)(F)F. The number of Topliss-reactive ketones (excluding diaryl/α,β-unsaturated/α-hetero) is 1. The van der Waals surface area contributed by atoms with E-state index < -0.39 is 21.8 Å². The number of rotatable bonds is 3. The monoisotopic (exact) mass is 302 g/mol. The first-order valence-electron chi connectivity index (χ1n) is 5.11. The summed E-state index contributed by atoms with van der Waals surface area (Å²) >= 11 is 0.585. The minimum absolute atomic E-state index is 0.142. The summed E-state index contributed by atoms with van der Waals surface area (Å²) < 4.78 is 36.7. The Kier molecular flexibility index (Phi) is 3.53. The third kappa shape index (κ3) is 2.82. The number of thiazole rings is 1. The van der Waals surface area contributed by atoms with Crippen LogP contribution in [0.15, 0.2) is 30.5 Å². The Balaban J connectivity index is 2.29. The number of carbonyl (C=O) groups excluding carboxylic acids is 1. The van der Waals surface area contributed by atoms with E-state index in [1.165, 1.54) is 24.3 Å². The van der Waals surface area contributed by atoms with E-state index in [0.29, 0.717) is 16.9 Å². The molecule has 5 nitrogen and oxygen atoms in total. The molecule has 2 aromatic rings. The van der Waals surface area contributed by atoms with E-state index in [4.69, 9.17) is 0 Å². The van der Waals surface area contributed by atoms with Crippen LogP contribution in [0.5, 0.6) is 0 Å². The number of hydrogen-bond donors (Lipinski definition) is 0. The van der Waals surface area contributed by atoms with E-state index in [1.807, 2.05) is 0 Å². The van der Waals surface area contributed by atoms with Gasteiger partial charge in [-0.05, 0) is 12.1 Å². The lowest BCUT2D eigenvalue weighted by Gasteiger charge is -2.00. The van der Waals surface area contributed by atoms with Gasteiger partial charge >= 0.3 is 6.18 Å². The molecule has 1 aromatic heterocycles. The van der Waals surface area contributed by atoms with E-state index in [9.17, 15) is 28.1 Å². The van der Waals surface area contributed by atoms with Crippen molar-refractivity contribution in [3.8, 4) is 10.6 Å². The molecule has 0 aliphatic heterocycles. The number of benzene rings is 1. The van der Waals surface area contributed by atoms with Gasteiger partial charge in [0.2, 0.25) is 0 Å². The largest absolute Gasteiger partial charge is 0.455 e. The van der Waals surface area contributed by atoms with E-state index in [0.717, 1.165) is 6.20 Å². The molecule has 0 atom stereocenters. The summed E-state index contributed by atoms with van der Waals surface area (Å²) in [6.07, 6.45) is -4.10. The summed E-state index contributed by atoms with van der Waals surface area (Å²) in [6.45, 7) is 0. The summed E-state index contributed by atoms with van der Waals surface area (Å²) in [7, 11) is 0. The Hall–Kier alpha value is -2.29. The normalized spacial score (nSPS) is 11.3. The number of halogens is 3. The van der Waals surface area contributed by atoms with E-state index in [2.05, 4.69) is 4.98 Å². The van der Waals surface area contributed by atoms with Crippen LogP contribution < -0.4 is 0 Å². The number of nitro groups is 1. The predicted octanol–water partition coefficient (Wildman–Crippen LogP) is 3.46. The van der Waals surface area contributed by atoms with Crippen LogP contribution in [0.4, 0.5) is 18.9 Å². The quantitative estimate of drug-likeness (QED) is 0.494. The molecule has 0 N–H and O–H groups in total. The van der Waals surface area contributed by atoms with Crippen LogP contribution >= 0.6 is 11.3 Å². The molecule has 20 heavy (non-hydrogen) atoms. The molecule has 0 saturated carbocycles. The van der Waals surface area contributed by atoms with Gasteiger partial charge in [0.15, 0.2) is 0 Å². The van der Waals surface area contributed by atoms with Gasteiger partial charge in [0.05, 0.1) is 4.92 Å². The first-order chi connectivity index (χ1) is 9.29. The van der Waals surface area contributed by atoms with Gasteiger partial charge in [0, 0.05) is 23.9 Å². The molecule has 2 rings (SSSR count). The number of hydrogen-bond acceptors (Lipinski definition) is 5. The molecule has 0 fully saturated rings. The average Bonchev–Trinajstić information content (AvgIpc) is 2.86.